The maximum atomic E-state index is 5.58. The van der Waals surface area contributed by atoms with Gasteiger partial charge in [0.05, 0.1) is 24.4 Å². The maximum Gasteiger partial charge on any atom is 0.0972 e. The Morgan fingerprint density at radius 2 is 1.80 bits per heavy atom. The molecule has 3 aliphatic rings. The molecule has 0 aliphatic carbocycles. The highest BCUT2D eigenvalue weighted by molar-refractivity contribution is 5.14. The van der Waals surface area contributed by atoms with Gasteiger partial charge >= 0.3 is 0 Å². The first kappa shape index (κ1) is 5.33. The number of rotatable bonds is 0. The molecule has 1 unspecified atom stereocenters. The fourth-order valence-corrected chi connectivity index (χ4v) is 1.95. The lowest BCUT2D eigenvalue weighted by atomic mass is 9.96. The van der Waals surface area contributed by atoms with Gasteiger partial charge in [0, 0.05) is 12.8 Å². The Morgan fingerprint density at radius 3 is 2.30 bits per heavy atom. The number of ether oxygens (including phenoxy) is 2. The summed E-state index contributed by atoms with van der Waals surface area (Å²) in [6.45, 7) is 0.963. The number of hydrogen-bond donors (Lipinski definition) is 0. The van der Waals surface area contributed by atoms with Gasteiger partial charge in [0.1, 0.15) is 0 Å². The molecule has 3 atom stereocenters. The molecule has 3 rings (SSSR count). The quantitative estimate of drug-likeness (QED) is 0.366. The van der Waals surface area contributed by atoms with Gasteiger partial charge in [-0.15, -0.1) is 0 Å². The molecular weight excluding hydrogens is 128 g/mol. The molecule has 0 amide bonds. The molecule has 2 nitrogen and oxygen atoms in total. The SMILES string of the molecule is C1=C[C@H]2CC3(CO3)C[C@@H]1O2. The van der Waals surface area contributed by atoms with Crippen LogP contribution in [0.1, 0.15) is 12.8 Å². The lowest BCUT2D eigenvalue weighted by Crippen LogP contribution is -2.31. The second-order valence-corrected chi connectivity index (χ2v) is 3.48. The minimum Gasteiger partial charge on any atom is -0.369 e. The normalized spacial score (nSPS) is 56.0. The second kappa shape index (κ2) is 1.46. The predicted molar refractivity (Wildman–Crippen MR) is 35.7 cm³/mol. The number of epoxide rings is 1. The lowest BCUT2D eigenvalue weighted by Gasteiger charge is -2.25. The van der Waals surface area contributed by atoms with E-state index < -0.39 is 0 Å². The van der Waals surface area contributed by atoms with E-state index in [0.29, 0.717) is 12.2 Å². The van der Waals surface area contributed by atoms with Crippen LogP contribution in [-0.4, -0.2) is 24.4 Å². The summed E-state index contributed by atoms with van der Waals surface area (Å²) in [4.78, 5) is 0. The van der Waals surface area contributed by atoms with Crippen molar-refractivity contribution in [3.8, 4) is 0 Å². The van der Waals surface area contributed by atoms with Crippen molar-refractivity contribution >= 4 is 0 Å². The van der Waals surface area contributed by atoms with E-state index in [1.165, 1.54) is 0 Å². The molecule has 2 heteroatoms. The summed E-state index contributed by atoms with van der Waals surface area (Å²) in [6, 6.07) is 0. The van der Waals surface area contributed by atoms with Gasteiger partial charge < -0.3 is 9.47 Å². The first-order valence-corrected chi connectivity index (χ1v) is 3.84. The van der Waals surface area contributed by atoms with Crippen LogP contribution in [0.5, 0.6) is 0 Å². The molecule has 10 heavy (non-hydrogen) atoms. The molecule has 0 aromatic rings. The van der Waals surface area contributed by atoms with Crippen molar-refractivity contribution in [1.29, 1.82) is 0 Å². The third-order valence-corrected chi connectivity index (χ3v) is 2.59. The van der Waals surface area contributed by atoms with Gasteiger partial charge in [0.25, 0.3) is 0 Å². The van der Waals surface area contributed by atoms with E-state index in [4.69, 9.17) is 9.47 Å². The molecule has 54 valence electrons. The van der Waals surface area contributed by atoms with Gasteiger partial charge in [-0.1, -0.05) is 12.2 Å². The average molecular weight is 138 g/mol. The van der Waals surface area contributed by atoms with Crippen molar-refractivity contribution in [3.63, 3.8) is 0 Å². The van der Waals surface area contributed by atoms with E-state index in [2.05, 4.69) is 12.2 Å². The molecule has 0 N–H and O–H groups in total. The number of hydrogen-bond acceptors (Lipinski definition) is 2. The van der Waals surface area contributed by atoms with Crippen LogP contribution in [0.4, 0.5) is 0 Å². The van der Waals surface area contributed by atoms with E-state index >= 15 is 0 Å². The standard InChI is InChI=1S/C8H10O2/c1-2-7-4-8(5-9-8)3-6(1)10-7/h1-2,6-7H,3-5H2/t6-,7+,8?. The van der Waals surface area contributed by atoms with Crippen LogP contribution < -0.4 is 0 Å². The molecule has 1 spiro atoms. The molecule has 0 saturated carbocycles. The highest BCUT2D eigenvalue weighted by atomic mass is 16.6. The van der Waals surface area contributed by atoms with Crippen LogP contribution >= 0.6 is 0 Å². The minimum absolute atomic E-state index is 0.247. The Balaban J connectivity index is 1.89. The highest BCUT2D eigenvalue weighted by Crippen LogP contribution is 2.44. The predicted octanol–water partition coefficient (Wildman–Crippen LogP) is 0.873. The van der Waals surface area contributed by atoms with Crippen molar-refractivity contribution < 1.29 is 9.47 Å². The van der Waals surface area contributed by atoms with Gasteiger partial charge in [0.15, 0.2) is 0 Å². The first-order chi connectivity index (χ1) is 4.86. The van der Waals surface area contributed by atoms with E-state index in [9.17, 15) is 0 Å². The van der Waals surface area contributed by atoms with Crippen molar-refractivity contribution in [1.82, 2.24) is 0 Å². The van der Waals surface area contributed by atoms with Gasteiger partial charge in [0.2, 0.25) is 0 Å². The van der Waals surface area contributed by atoms with Gasteiger partial charge in [-0.2, -0.15) is 0 Å². The molecule has 3 heterocycles. The number of fused-ring (bicyclic) bond motifs is 2. The minimum atomic E-state index is 0.247. The summed E-state index contributed by atoms with van der Waals surface area (Å²) in [5.74, 6) is 0. The lowest BCUT2D eigenvalue weighted by molar-refractivity contribution is -0.0163. The Hall–Kier alpha value is -0.340. The maximum absolute atomic E-state index is 5.58. The van der Waals surface area contributed by atoms with Crippen molar-refractivity contribution in [2.75, 3.05) is 6.61 Å². The Bertz CT molecular complexity index is 177. The monoisotopic (exact) mass is 138 g/mol. The van der Waals surface area contributed by atoms with E-state index in [1.807, 2.05) is 0 Å². The Labute approximate surface area is 59.8 Å². The fourth-order valence-electron chi connectivity index (χ4n) is 1.95. The van der Waals surface area contributed by atoms with Gasteiger partial charge in [-0.05, 0) is 0 Å². The molecule has 0 radical (unpaired) electrons. The van der Waals surface area contributed by atoms with Gasteiger partial charge in [-0.3, -0.25) is 0 Å². The smallest absolute Gasteiger partial charge is 0.0972 e. The third kappa shape index (κ3) is 0.607. The van der Waals surface area contributed by atoms with Crippen molar-refractivity contribution in [2.24, 2.45) is 0 Å². The Morgan fingerprint density at radius 1 is 1.20 bits per heavy atom. The van der Waals surface area contributed by atoms with Crippen LogP contribution in [0, 0.1) is 0 Å². The van der Waals surface area contributed by atoms with Gasteiger partial charge in [-0.25, -0.2) is 0 Å². The molecule has 3 aliphatic heterocycles. The van der Waals surface area contributed by atoms with Crippen LogP contribution in [0.3, 0.4) is 0 Å². The summed E-state index contributed by atoms with van der Waals surface area (Å²) < 4.78 is 11.0. The molecule has 2 saturated heterocycles. The van der Waals surface area contributed by atoms with Crippen LogP contribution in [0.2, 0.25) is 0 Å². The van der Waals surface area contributed by atoms with E-state index in [-0.39, 0.29) is 5.60 Å². The van der Waals surface area contributed by atoms with Crippen LogP contribution in [0.15, 0.2) is 12.2 Å². The first-order valence-electron chi connectivity index (χ1n) is 3.84. The second-order valence-electron chi connectivity index (χ2n) is 3.48. The zero-order valence-electron chi connectivity index (χ0n) is 5.75. The average Bonchev–Trinajstić information content (AvgIpc) is 2.56. The summed E-state index contributed by atoms with van der Waals surface area (Å²) in [5, 5.41) is 0. The summed E-state index contributed by atoms with van der Waals surface area (Å²) >= 11 is 0. The van der Waals surface area contributed by atoms with E-state index in [1.54, 1.807) is 0 Å². The van der Waals surface area contributed by atoms with Crippen molar-refractivity contribution in [3.05, 3.63) is 12.2 Å². The molecule has 2 fully saturated rings. The topological polar surface area (TPSA) is 21.8 Å². The van der Waals surface area contributed by atoms with Crippen LogP contribution in [0.25, 0.3) is 0 Å². The summed E-state index contributed by atoms with van der Waals surface area (Å²) in [6.07, 6.45) is 7.23. The zero-order valence-corrected chi connectivity index (χ0v) is 5.75. The van der Waals surface area contributed by atoms with E-state index in [0.717, 1.165) is 19.4 Å². The van der Waals surface area contributed by atoms with Crippen LogP contribution in [-0.2, 0) is 9.47 Å². The zero-order chi connectivity index (χ0) is 6.60. The summed E-state index contributed by atoms with van der Waals surface area (Å²) in [7, 11) is 0. The van der Waals surface area contributed by atoms with Crippen molar-refractivity contribution in [2.45, 2.75) is 30.7 Å². The molecular formula is C8H10O2. The molecule has 0 aromatic carbocycles. The molecule has 2 bridgehead atoms. The summed E-state index contributed by atoms with van der Waals surface area (Å²) in [5.41, 5.74) is 0.247. The fraction of sp³-hybridized carbons (Fsp3) is 0.750. The Kier molecular flexibility index (Phi) is 0.778. The molecule has 0 aromatic heterocycles. The highest BCUT2D eigenvalue weighted by Gasteiger charge is 2.52. The third-order valence-electron chi connectivity index (χ3n) is 2.59. The largest absolute Gasteiger partial charge is 0.369 e.